The van der Waals surface area contributed by atoms with Gasteiger partial charge in [-0.3, -0.25) is 4.79 Å². The SMILES string of the molecule is C=CC(C)C(O)/C=C/CCC(=O)OCc1ccccc1. The Kier molecular flexibility index (Phi) is 7.36. The van der Waals surface area contributed by atoms with Crippen molar-refractivity contribution < 1.29 is 14.6 Å². The molecule has 3 nitrogen and oxygen atoms in total. The topological polar surface area (TPSA) is 46.5 Å². The summed E-state index contributed by atoms with van der Waals surface area (Å²) in [5, 5.41) is 9.66. The summed E-state index contributed by atoms with van der Waals surface area (Å²) in [6.07, 6.45) is 5.52. The fourth-order valence-corrected chi connectivity index (χ4v) is 1.56. The average Bonchev–Trinajstić information content (AvgIpc) is 2.49. The first-order chi connectivity index (χ1) is 9.63. The number of rotatable bonds is 8. The smallest absolute Gasteiger partial charge is 0.306 e. The zero-order valence-corrected chi connectivity index (χ0v) is 11.9. The molecule has 0 radical (unpaired) electrons. The predicted octanol–water partition coefficient (Wildman–Crippen LogP) is 3.25. The van der Waals surface area contributed by atoms with Crippen molar-refractivity contribution in [1.82, 2.24) is 0 Å². The lowest BCUT2D eigenvalue weighted by molar-refractivity contribution is -0.144. The predicted molar refractivity (Wildman–Crippen MR) is 80.0 cm³/mol. The molecule has 3 heteroatoms. The van der Waals surface area contributed by atoms with Crippen LogP contribution >= 0.6 is 0 Å². The van der Waals surface area contributed by atoms with Crippen molar-refractivity contribution in [3.63, 3.8) is 0 Å². The summed E-state index contributed by atoms with van der Waals surface area (Å²) in [5.41, 5.74) is 0.978. The van der Waals surface area contributed by atoms with E-state index in [0.717, 1.165) is 5.56 Å². The second kappa shape index (κ2) is 9.10. The number of hydrogen-bond donors (Lipinski definition) is 1. The van der Waals surface area contributed by atoms with Gasteiger partial charge in [0.15, 0.2) is 0 Å². The van der Waals surface area contributed by atoms with Crippen molar-refractivity contribution >= 4 is 5.97 Å². The van der Waals surface area contributed by atoms with E-state index in [1.807, 2.05) is 37.3 Å². The number of carbonyl (C=O) groups is 1. The average molecular weight is 274 g/mol. The minimum absolute atomic E-state index is 0.0104. The lowest BCUT2D eigenvalue weighted by atomic mass is 10.0. The van der Waals surface area contributed by atoms with Gasteiger partial charge < -0.3 is 9.84 Å². The molecule has 0 aliphatic heterocycles. The fraction of sp³-hybridized carbons (Fsp3) is 0.353. The van der Waals surface area contributed by atoms with Gasteiger partial charge in [-0.25, -0.2) is 0 Å². The number of carbonyl (C=O) groups excluding carboxylic acids is 1. The highest BCUT2D eigenvalue weighted by Crippen LogP contribution is 2.07. The second-order valence-corrected chi connectivity index (χ2v) is 4.70. The molecule has 1 aromatic carbocycles. The summed E-state index contributed by atoms with van der Waals surface area (Å²) in [6, 6.07) is 9.58. The van der Waals surface area contributed by atoms with E-state index in [1.165, 1.54) is 0 Å². The number of ether oxygens (including phenoxy) is 1. The normalized spacial score (nSPS) is 13.9. The van der Waals surface area contributed by atoms with Crippen molar-refractivity contribution in [2.45, 2.75) is 32.5 Å². The lowest BCUT2D eigenvalue weighted by Gasteiger charge is -2.09. The van der Waals surface area contributed by atoms with Crippen molar-refractivity contribution in [3.8, 4) is 0 Å². The van der Waals surface area contributed by atoms with Gasteiger partial charge in [0.2, 0.25) is 0 Å². The highest BCUT2D eigenvalue weighted by atomic mass is 16.5. The first kappa shape index (κ1) is 16.2. The summed E-state index contributed by atoms with van der Waals surface area (Å²) in [7, 11) is 0. The van der Waals surface area contributed by atoms with Gasteiger partial charge in [-0.1, -0.05) is 55.5 Å². The number of allylic oxidation sites excluding steroid dienone is 1. The number of benzene rings is 1. The molecule has 0 spiro atoms. The van der Waals surface area contributed by atoms with Crippen LogP contribution < -0.4 is 0 Å². The first-order valence-electron chi connectivity index (χ1n) is 6.80. The molecule has 2 atom stereocenters. The molecule has 108 valence electrons. The standard InChI is InChI=1S/C17H22O3/c1-3-14(2)16(18)11-7-8-12-17(19)20-13-15-9-5-4-6-10-15/h3-7,9-11,14,16,18H,1,8,12-13H2,2H3/b11-7+. The van der Waals surface area contributed by atoms with Crippen LogP contribution in [0.15, 0.2) is 55.1 Å². The molecule has 2 unspecified atom stereocenters. The largest absolute Gasteiger partial charge is 0.461 e. The van der Waals surface area contributed by atoms with Gasteiger partial charge in [0.05, 0.1) is 6.10 Å². The van der Waals surface area contributed by atoms with Crippen molar-refractivity contribution in [1.29, 1.82) is 0 Å². The van der Waals surface area contributed by atoms with Crippen molar-refractivity contribution in [3.05, 3.63) is 60.7 Å². The maximum Gasteiger partial charge on any atom is 0.306 e. The molecule has 0 aromatic heterocycles. The molecule has 0 amide bonds. The summed E-state index contributed by atoms with van der Waals surface area (Å²) < 4.78 is 5.15. The maximum absolute atomic E-state index is 11.5. The van der Waals surface area contributed by atoms with Gasteiger partial charge in [0.25, 0.3) is 0 Å². The van der Waals surface area contributed by atoms with Crippen LogP contribution in [-0.4, -0.2) is 17.2 Å². The molecule has 20 heavy (non-hydrogen) atoms. The lowest BCUT2D eigenvalue weighted by Crippen LogP contribution is -2.11. The molecule has 0 aliphatic rings. The summed E-state index contributed by atoms with van der Waals surface area (Å²) in [6.45, 7) is 5.81. The highest BCUT2D eigenvalue weighted by Gasteiger charge is 2.06. The Morgan fingerprint density at radius 1 is 1.40 bits per heavy atom. The van der Waals surface area contributed by atoms with Crippen LogP contribution in [0.5, 0.6) is 0 Å². The third-order valence-electron chi connectivity index (χ3n) is 3.00. The molecular weight excluding hydrogens is 252 g/mol. The van der Waals surface area contributed by atoms with Crippen LogP contribution in [0.4, 0.5) is 0 Å². The van der Waals surface area contributed by atoms with E-state index in [0.29, 0.717) is 19.4 Å². The molecule has 1 rings (SSSR count). The fourth-order valence-electron chi connectivity index (χ4n) is 1.56. The van der Waals surface area contributed by atoms with Crippen LogP contribution in [0.1, 0.15) is 25.3 Å². The van der Waals surface area contributed by atoms with Crippen LogP contribution in [0.25, 0.3) is 0 Å². The minimum atomic E-state index is -0.548. The van der Waals surface area contributed by atoms with E-state index in [2.05, 4.69) is 6.58 Å². The summed E-state index contributed by atoms with van der Waals surface area (Å²) in [4.78, 5) is 11.5. The van der Waals surface area contributed by atoms with Gasteiger partial charge >= 0.3 is 5.97 Å². The molecular formula is C17H22O3. The number of aliphatic hydroxyl groups excluding tert-OH is 1. The van der Waals surface area contributed by atoms with Crippen molar-refractivity contribution in [2.24, 2.45) is 5.92 Å². The first-order valence-corrected chi connectivity index (χ1v) is 6.80. The number of esters is 1. The van der Waals surface area contributed by atoms with Gasteiger partial charge in [0.1, 0.15) is 6.61 Å². The Morgan fingerprint density at radius 3 is 2.75 bits per heavy atom. The Balaban J connectivity index is 2.20. The molecule has 0 saturated carbocycles. The molecule has 1 N–H and O–H groups in total. The molecule has 1 aromatic rings. The number of hydrogen-bond acceptors (Lipinski definition) is 3. The van der Waals surface area contributed by atoms with E-state index in [-0.39, 0.29) is 11.9 Å². The Labute approximate surface area is 120 Å². The van der Waals surface area contributed by atoms with Crippen LogP contribution in [-0.2, 0) is 16.1 Å². The quantitative estimate of drug-likeness (QED) is 0.584. The Hall–Kier alpha value is -1.87. The highest BCUT2D eigenvalue weighted by molar-refractivity contribution is 5.69. The molecule has 0 heterocycles. The van der Waals surface area contributed by atoms with Gasteiger partial charge in [-0.2, -0.15) is 0 Å². The molecule has 0 saturated heterocycles. The zero-order valence-electron chi connectivity index (χ0n) is 11.9. The maximum atomic E-state index is 11.5. The van der Waals surface area contributed by atoms with E-state index in [9.17, 15) is 9.90 Å². The zero-order chi connectivity index (χ0) is 14.8. The third-order valence-corrected chi connectivity index (χ3v) is 3.00. The van der Waals surface area contributed by atoms with E-state index in [4.69, 9.17) is 4.74 Å². The summed E-state index contributed by atoms with van der Waals surface area (Å²) >= 11 is 0. The molecule has 0 aliphatic carbocycles. The van der Waals surface area contributed by atoms with E-state index < -0.39 is 6.10 Å². The number of aliphatic hydroxyl groups is 1. The monoisotopic (exact) mass is 274 g/mol. The summed E-state index contributed by atoms with van der Waals surface area (Å²) in [5.74, 6) is -0.221. The molecule has 0 bridgehead atoms. The van der Waals surface area contributed by atoms with Gasteiger partial charge in [-0.15, -0.1) is 6.58 Å². The van der Waals surface area contributed by atoms with E-state index in [1.54, 1.807) is 18.2 Å². The Bertz CT molecular complexity index is 437. The van der Waals surface area contributed by atoms with Crippen LogP contribution in [0, 0.1) is 5.92 Å². The third kappa shape index (κ3) is 6.34. The second-order valence-electron chi connectivity index (χ2n) is 4.70. The Morgan fingerprint density at radius 2 is 2.10 bits per heavy atom. The van der Waals surface area contributed by atoms with Crippen LogP contribution in [0.3, 0.4) is 0 Å². The van der Waals surface area contributed by atoms with Crippen molar-refractivity contribution in [2.75, 3.05) is 0 Å². The van der Waals surface area contributed by atoms with Gasteiger partial charge in [-0.05, 0) is 12.0 Å². The minimum Gasteiger partial charge on any atom is -0.461 e. The van der Waals surface area contributed by atoms with Crippen LogP contribution in [0.2, 0.25) is 0 Å². The van der Waals surface area contributed by atoms with Gasteiger partial charge in [0, 0.05) is 12.3 Å². The molecule has 0 fully saturated rings. The van der Waals surface area contributed by atoms with E-state index >= 15 is 0 Å².